The molecule has 0 saturated heterocycles. The Kier molecular flexibility index (Phi) is 2.31. The highest BCUT2D eigenvalue weighted by Crippen LogP contribution is 2.38. The highest BCUT2D eigenvalue weighted by Gasteiger charge is 2.32. The molecule has 1 aliphatic carbocycles. The lowest BCUT2D eigenvalue weighted by Crippen LogP contribution is -2.41. The van der Waals surface area contributed by atoms with E-state index in [2.05, 4.69) is 12.2 Å². The molecule has 1 saturated carbocycles. The monoisotopic (exact) mass is 210 g/mol. The molecular weight excluding hydrogens is 196 g/mol. The molecular formula is C11H15ClN2. The van der Waals surface area contributed by atoms with Crippen LogP contribution in [0.5, 0.6) is 0 Å². The van der Waals surface area contributed by atoms with Gasteiger partial charge in [-0.2, -0.15) is 0 Å². The van der Waals surface area contributed by atoms with E-state index in [1.165, 1.54) is 19.3 Å². The number of halogens is 1. The normalized spacial score (nSPS) is 18.7. The molecule has 0 aliphatic heterocycles. The Bertz CT molecular complexity index is 325. The minimum Gasteiger partial charge on any atom is -0.397 e. The van der Waals surface area contributed by atoms with Crippen LogP contribution in [0, 0.1) is 0 Å². The predicted octanol–water partition coefficient (Wildman–Crippen LogP) is 3.28. The van der Waals surface area contributed by atoms with Crippen molar-refractivity contribution in [3.05, 3.63) is 23.2 Å². The number of benzene rings is 1. The minimum atomic E-state index is 0.194. The molecule has 0 bridgehead atoms. The van der Waals surface area contributed by atoms with Crippen molar-refractivity contribution in [2.24, 2.45) is 0 Å². The number of hydrogen-bond donors (Lipinski definition) is 2. The fraction of sp³-hybridized carbons (Fsp3) is 0.455. The quantitative estimate of drug-likeness (QED) is 0.736. The zero-order chi connectivity index (χ0) is 10.2. The summed E-state index contributed by atoms with van der Waals surface area (Å²) < 4.78 is 0. The highest BCUT2D eigenvalue weighted by atomic mass is 35.5. The topological polar surface area (TPSA) is 38.0 Å². The molecule has 1 aliphatic rings. The second-order valence-corrected chi connectivity index (χ2v) is 4.65. The summed E-state index contributed by atoms with van der Waals surface area (Å²) in [5.41, 5.74) is 7.67. The first-order valence-corrected chi connectivity index (χ1v) is 5.31. The van der Waals surface area contributed by atoms with Gasteiger partial charge in [-0.1, -0.05) is 17.7 Å². The Labute approximate surface area is 89.4 Å². The van der Waals surface area contributed by atoms with Gasteiger partial charge in [0.15, 0.2) is 0 Å². The average molecular weight is 211 g/mol. The van der Waals surface area contributed by atoms with Gasteiger partial charge in [-0.05, 0) is 38.3 Å². The smallest absolute Gasteiger partial charge is 0.0767 e. The predicted molar refractivity (Wildman–Crippen MR) is 61.7 cm³/mol. The standard InChI is InChI=1S/C11H15ClN2/c1-11(6-3-7-11)14-10-8(12)4-2-5-9(10)13/h2,4-5,14H,3,6-7,13H2,1H3. The molecule has 2 rings (SSSR count). The van der Waals surface area contributed by atoms with Crippen LogP contribution in [0.3, 0.4) is 0 Å². The molecule has 0 radical (unpaired) electrons. The van der Waals surface area contributed by atoms with Gasteiger partial charge in [-0.25, -0.2) is 0 Å². The number of nitrogens with one attached hydrogen (secondary N) is 1. The van der Waals surface area contributed by atoms with E-state index in [1.54, 1.807) is 0 Å². The van der Waals surface area contributed by atoms with Crippen LogP contribution in [-0.4, -0.2) is 5.54 Å². The largest absolute Gasteiger partial charge is 0.397 e. The number of hydrogen-bond acceptors (Lipinski definition) is 2. The van der Waals surface area contributed by atoms with Crippen LogP contribution in [0.25, 0.3) is 0 Å². The summed E-state index contributed by atoms with van der Waals surface area (Å²) in [5, 5.41) is 4.14. The van der Waals surface area contributed by atoms with Crippen LogP contribution >= 0.6 is 11.6 Å². The van der Waals surface area contributed by atoms with Gasteiger partial charge in [0.25, 0.3) is 0 Å². The van der Waals surface area contributed by atoms with Crippen LogP contribution in [0.1, 0.15) is 26.2 Å². The van der Waals surface area contributed by atoms with Crippen molar-refractivity contribution in [2.75, 3.05) is 11.1 Å². The molecule has 0 unspecified atom stereocenters. The Balaban J connectivity index is 2.23. The van der Waals surface area contributed by atoms with Gasteiger partial charge in [0.1, 0.15) is 0 Å². The Morgan fingerprint density at radius 3 is 2.64 bits per heavy atom. The van der Waals surface area contributed by atoms with Crippen LogP contribution < -0.4 is 11.1 Å². The van der Waals surface area contributed by atoms with Gasteiger partial charge in [-0.15, -0.1) is 0 Å². The van der Waals surface area contributed by atoms with E-state index in [0.717, 1.165) is 11.4 Å². The Morgan fingerprint density at radius 1 is 1.43 bits per heavy atom. The van der Waals surface area contributed by atoms with E-state index in [4.69, 9.17) is 17.3 Å². The molecule has 0 atom stereocenters. The summed E-state index contributed by atoms with van der Waals surface area (Å²) in [5.74, 6) is 0. The Hall–Kier alpha value is -0.890. The second-order valence-electron chi connectivity index (χ2n) is 4.24. The number of rotatable bonds is 2. The first kappa shape index (κ1) is 9.66. The van der Waals surface area contributed by atoms with E-state index >= 15 is 0 Å². The third kappa shape index (κ3) is 1.67. The van der Waals surface area contributed by atoms with Crippen LogP contribution in [0.15, 0.2) is 18.2 Å². The average Bonchev–Trinajstić information content (AvgIpc) is 2.09. The molecule has 0 amide bonds. The third-order valence-corrected chi connectivity index (χ3v) is 3.24. The molecule has 0 heterocycles. The van der Waals surface area contributed by atoms with Crippen LogP contribution in [-0.2, 0) is 0 Å². The summed E-state index contributed by atoms with van der Waals surface area (Å²) in [6.07, 6.45) is 3.67. The van der Waals surface area contributed by atoms with Gasteiger partial charge in [0.2, 0.25) is 0 Å². The molecule has 3 N–H and O–H groups in total. The fourth-order valence-electron chi connectivity index (χ4n) is 1.81. The summed E-state index contributed by atoms with van der Waals surface area (Å²) in [4.78, 5) is 0. The summed E-state index contributed by atoms with van der Waals surface area (Å²) in [6, 6.07) is 5.60. The summed E-state index contributed by atoms with van der Waals surface area (Å²) in [7, 11) is 0. The number of nitrogens with two attached hydrogens (primary N) is 1. The maximum Gasteiger partial charge on any atom is 0.0767 e. The van der Waals surface area contributed by atoms with Crippen molar-refractivity contribution >= 4 is 23.0 Å². The molecule has 2 nitrogen and oxygen atoms in total. The summed E-state index contributed by atoms with van der Waals surface area (Å²) in [6.45, 7) is 2.21. The number of para-hydroxylation sites is 1. The fourth-order valence-corrected chi connectivity index (χ4v) is 2.04. The van der Waals surface area contributed by atoms with Crippen LogP contribution in [0.2, 0.25) is 5.02 Å². The zero-order valence-corrected chi connectivity index (χ0v) is 9.06. The van der Waals surface area contributed by atoms with Crippen molar-refractivity contribution < 1.29 is 0 Å². The van der Waals surface area contributed by atoms with E-state index in [-0.39, 0.29) is 5.54 Å². The minimum absolute atomic E-state index is 0.194. The van der Waals surface area contributed by atoms with Gasteiger partial charge < -0.3 is 11.1 Å². The molecule has 0 spiro atoms. The lowest BCUT2D eigenvalue weighted by atomic mass is 9.78. The van der Waals surface area contributed by atoms with Gasteiger partial charge in [0, 0.05) is 5.54 Å². The maximum absolute atomic E-state index is 6.07. The van der Waals surface area contributed by atoms with Crippen molar-refractivity contribution in [1.82, 2.24) is 0 Å². The highest BCUT2D eigenvalue weighted by molar-refractivity contribution is 6.33. The number of anilines is 2. The van der Waals surface area contributed by atoms with Crippen molar-refractivity contribution in [3.63, 3.8) is 0 Å². The van der Waals surface area contributed by atoms with Crippen molar-refractivity contribution in [2.45, 2.75) is 31.7 Å². The molecule has 76 valence electrons. The molecule has 3 heteroatoms. The van der Waals surface area contributed by atoms with Crippen molar-refractivity contribution in [3.8, 4) is 0 Å². The van der Waals surface area contributed by atoms with Crippen LogP contribution in [0.4, 0.5) is 11.4 Å². The van der Waals surface area contributed by atoms with Gasteiger partial charge >= 0.3 is 0 Å². The summed E-state index contributed by atoms with van der Waals surface area (Å²) >= 11 is 6.07. The molecule has 0 aromatic heterocycles. The van der Waals surface area contributed by atoms with Crippen molar-refractivity contribution in [1.29, 1.82) is 0 Å². The van der Waals surface area contributed by atoms with E-state index in [1.807, 2.05) is 18.2 Å². The first-order chi connectivity index (χ1) is 6.61. The SMILES string of the molecule is CC1(Nc2c(N)cccc2Cl)CCC1. The second kappa shape index (κ2) is 3.35. The molecule has 1 aromatic carbocycles. The lowest BCUT2D eigenvalue weighted by molar-refractivity contribution is 0.307. The van der Waals surface area contributed by atoms with E-state index in [9.17, 15) is 0 Å². The number of nitrogen functional groups attached to an aromatic ring is 1. The molecule has 1 fully saturated rings. The first-order valence-electron chi connectivity index (χ1n) is 4.93. The third-order valence-electron chi connectivity index (χ3n) is 2.93. The molecule has 14 heavy (non-hydrogen) atoms. The lowest BCUT2D eigenvalue weighted by Gasteiger charge is -2.40. The van der Waals surface area contributed by atoms with E-state index in [0.29, 0.717) is 5.02 Å². The Morgan fingerprint density at radius 2 is 2.14 bits per heavy atom. The molecule has 1 aromatic rings. The van der Waals surface area contributed by atoms with Gasteiger partial charge in [-0.3, -0.25) is 0 Å². The van der Waals surface area contributed by atoms with E-state index < -0.39 is 0 Å². The zero-order valence-electron chi connectivity index (χ0n) is 8.31. The maximum atomic E-state index is 6.07. The van der Waals surface area contributed by atoms with Gasteiger partial charge in [0.05, 0.1) is 16.4 Å².